The molecule has 192 valence electrons. The van der Waals surface area contributed by atoms with Gasteiger partial charge in [0, 0.05) is 42.2 Å². The molecule has 1 aliphatic carbocycles. The van der Waals surface area contributed by atoms with E-state index in [1.54, 1.807) is 23.6 Å². The largest absolute Gasteiger partial charge is 0.458 e. The molecule has 3 fully saturated rings. The van der Waals surface area contributed by atoms with Gasteiger partial charge in [-0.3, -0.25) is 9.69 Å². The summed E-state index contributed by atoms with van der Waals surface area (Å²) in [5.74, 6) is -0.853. The number of nitrogen functional groups attached to an aromatic ring is 1. The highest BCUT2D eigenvalue weighted by Crippen LogP contribution is 2.43. The third kappa shape index (κ3) is 3.03. The Hall–Kier alpha value is -3.34. The maximum absolute atomic E-state index is 14.5. The molecule has 1 saturated carbocycles. The van der Waals surface area contributed by atoms with E-state index in [0.717, 1.165) is 36.0 Å². The number of benzene rings is 1. The zero-order valence-electron chi connectivity index (χ0n) is 20.3. The number of rotatable bonds is 3. The zero-order chi connectivity index (χ0) is 25.8. The third-order valence-electron chi connectivity index (χ3n) is 8.86. The molecule has 3 aromatic rings. The molecule has 2 aromatic heterocycles. The van der Waals surface area contributed by atoms with Crippen molar-refractivity contribution in [1.82, 2.24) is 14.5 Å². The van der Waals surface area contributed by atoms with Crippen molar-refractivity contribution in [2.45, 2.75) is 51.2 Å². The van der Waals surface area contributed by atoms with Crippen molar-refractivity contribution in [3.05, 3.63) is 56.6 Å². The summed E-state index contributed by atoms with van der Waals surface area (Å²) < 4.78 is 21.3. The summed E-state index contributed by atoms with van der Waals surface area (Å²) >= 11 is 0. The number of fused-ring (bicyclic) bond motifs is 7. The highest BCUT2D eigenvalue weighted by molar-refractivity contribution is 5.91. The number of anilines is 1. The molecule has 8 rings (SSSR count). The van der Waals surface area contributed by atoms with Crippen LogP contribution in [0, 0.1) is 17.7 Å². The van der Waals surface area contributed by atoms with Crippen molar-refractivity contribution >= 4 is 22.6 Å². The highest BCUT2D eigenvalue weighted by Gasteiger charge is 2.47. The van der Waals surface area contributed by atoms with E-state index in [2.05, 4.69) is 4.90 Å². The number of pyridine rings is 2. The molecule has 1 aromatic carbocycles. The smallest absolute Gasteiger partial charge is 0.343 e. The first-order chi connectivity index (χ1) is 17.7. The summed E-state index contributed by atoms with van der Waals surface area (Å²) in [6.45, 7) is 3.79. The van der Waals surface area contributed by atoms with Crippen molar-refractivity contribution in [1.29, 1.82) is 0 Å². The van der Waals surface area contributed by atoms with Gasteiger partial charge in [-0.25, -0.2) is 14.2 Å². The number of cyclic esters (lactones) is 1. The van der Waals surface area contributed by atoms with Gasteiger partial charge in [-0.05, 0) is 42.4 Å². The van der Waals surface area contributed by atoms with Crippen molar-refractivity contribution in [3.8, 4) is 11.4 Å². The summed E-state index contributed by atoms with van der Waals surface area (Å²) in [5.41, 5.74) is 7.42. The van der Waals surface area contributed by atoms with Gasteiger partial charge in [-0.15, -0.1) is 0 Å². The van der Waals surface area contributed by atoms with Gasteiger partial charge in [-0.2, -0.15) is 0 Å². The van der Waals surface area contributed by atoms with Crippen LogP contribution in [0.3, 0.4) is 0 Å². The zero-order valence-corrected chi connectivity index (χ0v) is 20.3. The van der Waals surface area contributed by atoms with Crippen LogP contribution >= 0.6 is 0 Å². The number of nitrogens with two attached hydrogens (primary N) is 1. The Balaban J connectivity index is 1.42. The average molecular weight is 507 g/mol. The highest BCUT2D eigenvalue weighted by atomic mass is 19.1. The second kappa shape index (κ2) is 7.59. The van der Waals surface area contributed by atoms with E-state index >= 15 is 0 Å². The Bertz CT molecular complexity index is 1570. The fraction of sp³-hybridized carbons (Fsp3) is 0.444. The monoisotopic (exact) mass is 506 g/mol. The number of aromatic nitrogens is 2. The van der Waals surface area contributed by atoms with Crippen LogP contribution in [0.15, 0.2) is 23.0 Å². The third-order valence-corrected chi connectivity index (χ3v) is 8.86. The molecule has 0 spiro atoms. The van der Waals surface area contributed by atoms with Gasteiger partial charge in [0.25, 0.3) is 5.56 Å². The van der Waals surface area contributed by atoms with Crippen molar-refractivity contribution in [2.24, 2.45) is 11.8 Å². The van der Waals surface area contributed by atoms with E-state index < -0.39 is 17.4 Å². The Morgan fingerprint density at radius 1 is 1.22 bits per heavy atom. The quantitative estimate of drug-likeness (QED) is 0.282. The van der Waals surface area contributed by atoms with E-state index in [-0.39, 0.29) is 59.9 Å². The van der Waals surface area contributed by atoms with Crippen LogP contribution < -0.4 is 11.3 Å². The van der Waals surface area contributed by atoms with E-state index in [1.165, 1.54) is 6.07 Å². The number of carbonyl (C=O) groups is 1. The molecule has 0 radical (unpaired) electrons. The van der Waals surface area contributed by atoms with Crippen molar-refractivity contribution in [2.75, 3.05) is 18.8 Å². The van der Waals surface area contributed by atoms with Gasteiger partial charge in [-0.1, -0.05) is 6.92 Å². The lowest BCUT2D eigenvalue weighted by atomic mass is 9.68. The minimum atomic E-state index is -1.92. The topological polar surface area (TPSA) is 131 Å². The standard InChI is InChI=1S/C27H27FN4O5/c1-2-27(36)18-5-22-23-16(10-32(22)25(34)17(18)11-37-26(27)35)15(9-31-7-12-3-13(8-31)24(12)33)14-4-20(29)19(28)6-21(14)30-23/h4-6,12-13,24,33,36H,2-3,7-11,29H2,1H3/t12-,13?,24?,27+/m1/s1. The number of aliphatic hydroxyl groups is 2. The lowest BCUT2D eigenvalue weighted by Crippen LogP contribution is -2.57. The normalized spacial score (nSPS) is 27.9. The molecule has 10 heteroatoms. The Morgan fingerprint density at radius 2 is 1.97 bits per heavy atom. The van der Waals surface area contributed by atoms with E-state index in [0.29, 0.717) is 23.4 Å². The van der Waals surface area contributed by atoms with Crippen LogP contribution in [0.5, 0.6) is 0 Å². The molecule has 6 heterocycles. The van der Waals surface area contributed by atoms with Gasteiger partial charge in [0.1, 0.15) is 12.4 Å². The Morgan fingerprint density at radius 3 is 2.68 bits per heavy atom. The number of esters is 1. The van der Waals surface area contributed by atoms with Gasteiger partial charge in [0.2, 0.25) is 0 Å². The van der Waals surface area contributed by atoms with Crippen LogP contribution in [-0.2, 0) is 34.8 Å². The second-order valence-electron chi connectivity index (χ2n) is 10.9. The summed E-state index contributed by atoms with van der Waals surface area (Å²) in [4.78, 5) is 33.1. The molecule has 2 unspecified atom stereocenters. The molecule has 4 N–H and O–H groups in total. The molecule has 2 saturated heterocycles. The van der Waals surface area contributed by atoms with Crippen LogP contribution in [0.2, 0.25) is 0 Å². The molecule has 4 aliphatic heterocycles. The maximum Gasteiger partial charge on any atom is 0.343 e. The molecule has 5 aliphatic rings. The number of piperidine rings is 2. The summed E-state index contributed by atoms with van der Waals surface area (Å²) in [6, 6.07) is 4.58. The molecule has 4 atom stereocenters. The first kappa shape index (κ1) is 22.8. The Kier molecular flexibility index (Phi) is 4.68. The number of aliphatic hydroxyl groups excluding tert-OH is 1. The minimum absolute atomic E-state index is 0.0271. The lowest BCUT2D eigenvalue weighted by molar-refractivity contribution is -0.172. The maximum atomic E-state index is 14.5. The molecule has 0 amide bonds. The summed E-state index contributed by atoms with van der Waals surface area (Å²) in [7, 11) is 0. The SMILES string of the molecule is CC[C@@]1(O)C(=O)OCc2c1cc1n(c2=O)Cc2c-1nc1cc(F)c(N)cc1c2CN1CC2C[C@H](C1)C2O. The summed E-state index contributed by atoms with van der Waals surface area (Å²) in [5, 5.41) is 22.1. The average Bonchev–Trinajstić information content (AvgIpc) is 3.26. The number of nitrogens with zero attached hydrogens (tertiary/aromatic N) is 3. The van der Waals surface area contributed by atoms with Gasteiger partial charge >= 0.3 is 5.97 Å². The molecular formula is C27H27FN4O5. The summed E-state index contributed by atoms with van der Waals surface area (Å²) in [6.07, 6.45) is 0.828. The first-order valence-corrected chi connectivity index (χ1v) is 12.7. The second-order valence-corrected chi connectivity index (χ2v) is 10.9. The van der Waals surface area contributed by atoms with Crippen molar-refractivity contribution in [3.63, 3.8) is 0 Å². The van der Waals surface area contributed by atoms with E-state index in [9.17, 15) is 24.2 Å². The number of halogens is 1. The van der Waals surface area contributed by atoms with Crippen molar-refractivity contribution < 1.29 is 24.1 Å². The number of carbonyl (C=O) groups excluding carboxylic acids is 1. The molecular weight excluding hydrogens is 479 g/mol. The predicted octanol–water partition coefficient (Wildman–Crippen LogP) is 1.61. The predicted molar refractivity (Wildman–Crippen MR) is 132 cm³/mol. The van der Waals surface area contributed by atoms with Crippen LogP contribution in [0.4, 0.5) is 10.1 Å². The number of ether oxygens (including phenoxy) is 1. The van der Waals surface area contributed by atoms with Crippen LogP contribution in [-0.4, -0.2) is 49.8 Å². The minimum Gasteiger partial charge on any atom is -0.458 e. The van der Waals surface area contributed by atoms with E-state index in [1.807, 2.05) is 0 Å². The number of hydrogen-bond acceptors (Lipinski definition) is 8. The molecule has 2 bridgehead atoms. The molecule has 37 heavy (non-hydrogen) atoms. The Labute approximate surface area is 211 Å². The van der Waals surface area contributed by atoms with Gasteiger partial charge in [0.05, 0.1) is 40.8 Å². The van der Waals surface area contributed by atoms with E-state index in [4.69, 9.17) is 15.5 Å². The fourth-order valence-electron chi connectivity index (χ4n) is 6.69. The van der Waals surface area contributed by atoms with Gasteiger partial charge in [0.15, 0.2) is 5.60 Å². The number of hydrogen-bond donors (Lipinski definition) is 3. The molecule has 9 nitrogen and oxygen atoms in total. The lowest BCUT2D eigenvalue weighted by Gasteiger charge is -2.51. The van der Waals surface area contributed by atoms with Crippen LogP contribution in [0.25, 0.3) is 22.3 Å². The van der Waals surface area contributed by atoms with Gasteiger partial charge < -0.3 is 25.3 Å². The fourth-order valence-corrected chi connectivity index (χ4v) is 6.69. The van der Waals surface area contributed by atoms with Crippen LogP contribution in [0.1, 0.15) is 42.0 Å². The first-order valence-electron chi connectivity index (χ1n) is 12.7.